The normalized spacial score (nSPS) is 12.9. The zero-order valence-electron chi connectivity index (χ0n) is 13.4. The van der Waals surface area contributed by atoms with Crippen molar-refractivity contribution in [2.45, 2.75) is 0 Å². The topological polar surface area (TPSA) is 110 Å². The van der Waals surface area contributed by atoms with Crippen LogP contribution in [0.4, 0.5) is 0 Å². The van der Waals surface area contributed by atoms with Crippen LogP contribution < -0.4 is 0 Å². The fraction of sp³-hybridized carbons (Fsp3) is 0. The van der Waals surface area contributed by atoms with Crippen molar-refractivity contribution in [3.05, 3.63) is 95.8 Å². The van der Waals surface area contributed by atoms with Crippen LogP contribution in [0.2, 0.25) is 0 Å². The number of aliphatic hydroxyl groups excluding tert-OH is 2. The molecule has 0 saturated heterocycles. The molecule has 2 aromatic carbocycles. The van der Waals surface area contributed by atoms with Gasteiger partial charge in [0.25, 0.3) is 0 Å². The zero-order valence-corrected chi connectivity index (χ0v) is 14.4. The molecule has 0 atom stereocenters. The molecule has 0 fully saturated rings. The molecule has 0 unspecified atom stereocenters. The highest BCUT2D eigenvalue weighted by Crippen LogP contribution is 2.33. The van der Waals surface area contributed by atoms with Gasteiger partial charge in [0.15, 0.2) is 0 Å². The molecule has 0 radical (unpaired) electrons. The fourth-order valence-electron chi connectivity index (χ4n) is 1.93. The Kier molecular flexibility index (Phi) is 6.76. The molecule has 26 heavy (non-hydrogen) atoms. The predicted octanol–water partition coefficient (Wildman–Crippen LogP) is 3.97. The van der Waals surface area contributed by atoms with E-state index in [0.29, 0.717) is 12.5 Å². The molecule has 8 heteroatoms. The van der Waals surface area contributed by atoms with Gasteiger partial charge in [-0.2, -0.15) is 0 Å². The molecule has 2 aromatic rings. The first-order valence-corrected chi connectivity index (χ1v) is 8.57. The summed E-state index contributed by atoms with van der Waals surface area (Å²) < 4.78 is 21.6. The number of carbonyl (C=O) groups excluding carboxylic acids is 2. The smallest absolute Gasteiger partial charge is 0.419 e. The maximum atomic E-state index is 12.2. The molecule has 0 saturated carbocycles. The van der Waals surface area contributed by atoms with Crippen molar-refractivity contribution in [2.24, 2.45) is 0 Å². The highest BCUT2D eigenvalue weighted by atomic mass is 31.1. The lowest BCUT2D eigenvalue weighted by atomic mass is 10.1. The SMILES string of the molecule is O=C(C(=CO)O[PH](=O)OC(=CO)C(=O)c1ccccc1)c1ccccc1. The van der Waals surface area contributed by atoms with Gasteiger partial charge >= 0.3 is 8.25 Å². The van der Waals surface area contributed by atoms with Crippen LogP contribution in [-0.4, -0.2) is 21.8 Å². The van der Waals surface area contributed by atoms with Gasteiger partial charge in [-0.15, -0.1) is 0 Å². The van der Waals surface area contributed by atoms with Gasteiger partial charge in [-0.1, -0.05) is 60.7 Å². The van der Waals surface area contributed by atoms with Gasteiger partial charge in [0.05, 0.1) is 0 Å². The third-order valence-electron chi connectivity index (χ3n) is 3.14. The van der Waals surface area contributed by atoms with Gasteiger partial charge < -0.3 is 19.3 Å². The van der Waals surface area contributed by atoms with Crippen LogP contribution in [0.25, 0.3) is 0 Å². The zero-order chi connectivity index (χ0) is 18.9. The van der Waals surface area contributed by atoms with E-state index < -0.39 is 31.3 Å². The molecule has 134 valence electrons. The molecule has 0 amide bonds. The summed E-state index contributed by atoms with van der Waals surface area (Å²) >= 11 is 0. The molecule has 0 aliphatic rings. The van der Waals surface area contributed by atoms with E-state index in [9.17, 15) is 14.2 Å². The van der Waals surface area contributed by atoms with Crippen LogP contribution in [0, 0.1) is 0 Å². The standard InChI is InChI=1S/C18H15O7P/c19-11-15(17(21)13-7-3-1-4-8-13)24-26(23)25-16(12-20)18(22)14-9-5-2-6-10-14/h1-12,19-20,26H. The number of carbonyl (C=O) groups is 2. The molecule has 0 aliphatic heterocycles. The number of hydrogen-bond acceptors (Lipinski definition) is 7. The average Bonchev–Trinajstić information content (AvgIpc) is 2.70. The fourth-order valence-corrected chi connectivity index (χ4v) is 2.62. The molecule has 0 spiro atoms. The monoisotopic (exact) mass is 374 g/mol. The second-order valence-electron chi connectivity index (χ2n) is 4.83. The van der Waals surface area contributed by atoms with E-state index in [1.54, 1.807) is 36.4 Å². The van der Waals surface area contributed by atoms with Crippen LogP contribution in [0.3, 0.4) is 0 Å². The van der Waals surface area contributed by atoms with Crippen molar-refractivity contribution < 1.29 is 33.4 Å². The van der Waals surface area contributed by atoms with E-state index >= 15 is 0 Å². The minimum absolute atomic E-state index is 0.195. The number of rotatable bonds is 8. The highest BCUT2D eigenvalue weighted by molar-refractivity contribution is 7.33. The molecule has 2 N–H and O–H groups in total. The molecule has 0 aromatic heterocycles. The van der Waals surface area contributed by atoms with Crippen molar-refractivity contribution in [3.8, 4) is 0 Å². The van der Waals surface area contributed by atoms with E-state index in [1.165, 1.54) is 24.3 Å². The minimum Gasteiger partial charge on any atom is -0.512 e. The van der Waals surface area contributed by atoms with E-state index in [4.69, 9.17) is 19.3 Å². The number of hydrogen-bond donors (Lipinski definition) is 2. The lowest BCUT2D eigenvalue weighted by molar-refractivity contribution is 0.0961. The second kappa shape index (κ2) is 9.25. The van der Waals surface area contributed by atoms with Crippen molar-refractivity contribution >= 4 is 19.8 Å². The summed E-state index contributed by atoms with van der Waals surface area (Å²) in [5.74, 6) is -2.69. The van der Waals surface area contributed by atoms with E-state index in [-0.39, 0.29) is 11.1 Å². The summed E-state index contributed by atoms with van der Waals surface area (Å²) in [6, 6.07) is 15.7. The number of ketones is 2. The van der Waals surface area contributed by atoms with Crippen LogP contribution >= 0.6 is 8.25 Å². The molecular weight excluding hydrogens is 359 g/mol. The maximum Gasteiger partial charge on any atom is 0.419 e. The Morgan fingerprint density at radius 2 is 1.08 bits per heavy atom. The van der Waals surface area contributed by atoms with Crippen molar-refractivity contribution in [3.63, 3.8) is 0 Å². The van der Waals surface area contributed by atoms with E-state index in [2.05, 4.69) is 0 Å². The largest absolute Gasteiger partial charge is 0.512 e. The summed E-state index contributed by atoms with van der Waals surface area (Å²) in [7, 11) is -3.46. The van der Waals surface area contributed by atoms with Crippen LogP contribution in [0.1, 0.15) is 20.7 Å². The minimum atomic E-state index is -3.46. The van der Waals surface area contributed by atoms with Gasteiger partial charge in [-0.3, -0.25) is 9.59 Å². The van der Waals surface area contributed by atoms with Gasteiger partial charge in [-0.25, -0.2) is 4.57 Å². The molecule has 0 bridgehead atoms. The Bertz CT molecular complexity index is 786. The molecular formula is C18H15O7P. The van der Waals surface area contributed by atoms with Crippen LogP contribution in [-0.2, 0) is 13.6 Å². The summed E-state index contributed by atoms with van der Waals surface area (Å²) in [5.41, 5.74) is 0.391. The third-order valence-corrected chi connectivity index (χ3v) is 3.91. The predicted molar refractivity (Wildman–Crippen MR) is 94.1 cm³/mol. The highest BCUT2D eigenvalue weighted by Gasteiger charge is 2.21. The number of Topliss-reactive ketones (excluding diaryl/α,β-unsaturated/α-hetero) is 2. The number of aliphatic hydroxyl groups is 2. The first-order valence-electron chi connectivity index (χ1n) is 7.34. The third kappa shape index (κ3) is 4.84. The lowest BCUT2D eigenvalue weighted by Crippen LogP contribution is -2.07. The quantitative estimate of drug-likeness (QED) is 0.311. The number of allylic oxidation sites excluding steroid dienone is 2. The van der Waals surface area contributed by atoms with Gasteiger partial charge in [-0.05, 0) is 0 Å². The Hall–Kier alpha value is -3.31. The first kappa shape index (κ1) is 19.0. The van der Waals surface area contributed by atoms with E-state index in [0.717, 1.165) is 0 Å². The van der Waals surface area contributed by atoms with Crippen LogP contribution in [0.15, 0.2) is 84.7 Å². The summed E-state index contributed by atoms with van der Waals surface area (Å²) in [6.45, 7) is 0. The summed E-state index contributed by atoms with van der Waals surface area (Å²) in [5, 5.41) is 18.3. The average molecular weight is 374 g/mol. The summed E-state index contributed by atoms with van der Waals surface area (Å²) in [4.78, 5) is 24.3. The summed E-state index contributed by atoms with van der Waals surface area (Å²) in [6.07, 6.45) is 0.700. The van der Waals surface area contributed by atoms with E-state index in [1.807, 2.05) is 0 Å². The Balaban J connectivity index is 2.06. The molecule has 0 aliphatic carbocycles. The van der Waals surface area contributed by atoms with Gasteiger partial charge in [0.2, 0.25) is 23.1 Å². The van der Waals surface area contributed by atoms with Gasteiger partial charge in [0.1, 0.15) is 12.5 Å². The molecule has 0 heterocycles. The second-order valence-corrected chi connectivity index (χ2v) is 5.74. The van der Waals surface area contributed by atoms with Gasteiger partial charge in [0, 0.05) is 11.1 Å². The number of benzene rings is 2. The first-order chi connectivity index (χ1) is 12.6. The Morgan fingerprint density at radius 1 is 0.731 bits per heavy atom. The van der Waals surface area contributed by atoms with Crippen molar-refractivity contribution in [1.82, 2.24) is 0 Å². The Labute approximate surface area is 149 Å². The maximum absolute atomic E-state index is 12.2. The van der Waals surface area contributed by atoms with Crippen molar-refractivity contribution in [1.29, 1.82) is 0 Å². The van der Waals surface area contributed by atoms with Crippen LogP contribution in [0.5, 0.6) is 0 Å². The lowest BCUT2D eigenvalue weighted by Gasteiger charge is -2.11. The Morgan fingerprint density at radius 3 is 1.38 bits per heavy atom. The van der Waals surface area contributed by atoms with Crippen molar-refractivity contribution in [2.75, 3.05) is 0 Å². The molecule has 2 rings (SSSR count). The molecule has 7 nitrogen and oxygen atoms in total.